The van der Waals surface area contributed by atoms with E-state index in [1.54, 1.807) is 0 Å². The van der Waals surface area contributed by atoms with Gasteiger partial charge in [0.1, 0.15) is 0 Å². The van der Waals surface area contributed by atoms with Crippen molar-refractivity contribution in [2.45, 2.75) is 26.3 Å². The Balaban J connectivity index is 2.34. The molecule has 0 fully saturated rings. The molecule has 1 unspecified atom stereocenters. The smallest absolute Gasteiger partial charge is 0.0468 e. The summed E-state index contributed by atoms with van der Waals surface area (Å²) in [5.74, 6) is 0. The summed E-state index contributed by atoms with van der Waals surface area (Å²) in [7, 11) is 0. The van der Waals surface area contributed by atoms with Gasteiger partial charge in [0.05, 0.1) is 0 Å². The lowest BCUT2D eigenvalue weighted by Gasteiger charge is -2.18. The van der Waals surface area contributed by atoms with Gasteiger partial charge in [0.15, 0.2) is 0 Å². The van der Waals surface area contributed by atoms with Crippen molar-refractivity contribution in [3.05, 3.63) is 68.7 Å². The lowest BCUT2D eigenvalue weighted by molar-refractivity contribution is 0.716. The van der Waals surface area contributed by atoms with Gasteiger partial charge in [-0.2, -0.15) is 0 Å². The van der Waals surface area contributed by atoms with Crippen molar-refractivity contribution in [3.8, 4) is 0 Å². The second kappa shape index (κ2) is 5.96. The highest BCUT2D eigenvalue weighted by Crippen LogP contribution is 2.31. The molecule has 1 atom stereocenters. The van der Waals surface area contributed by atoms with Crippen LogP contribution in [0.5, 0.6) is 0 Å². The van der Waals surface area contributed by atoms with Crippen LogP contribution in [0.3, 0.4) is 0 Å². The number of nitrogens with two attached hydrogens (primary N) is 1. The molecule has 0 aromatic heterocycles. The van der Waals surface area contributed by atoms with Crippen LogP contribution < -0.4 is 5.73 Å². The summed E-state index contributed by atoms with van der Waals surface area (Å²) in [6.45, 7) is 4.20. The maximum atomic E-state index is 6.30. The first-order valence-corrected chi connectivity index (χ1v) is 7.01. The lowest BCUT2D eigenvalue weighted by atomic mass is 9.93. The quantitative estimate of drug-likeness (QED) is 0.860. The molecule has 2 aromatic rings. The molecule has 0 saturated heterocycles. The van der Waals surface area contributed by atoms with Crippen molar-refractivity contribution < 1.29 is 0 Å². The van der Waals surface area contributed by atoms with E-state index in [0.717, 1.165) is 12.0 Å². The molecule has 2 rings (SSSR count). The number of halogens is 2. The number of hydrogen-bond donors (Lipinski definition) is 1. The molecule has 0 amide bonds. The third kappa shape index (κ3) is 3.11. The summed E-state index contributed by atoms with van der Waals surface area (Å²) in [5.41, 5.74) is 10.9. The molecule has 0 spiro atoms. The Bertz CT molecular complexity index is 553. The predicted octanol–water partition coefficient (Wildman–Crippen LogP) is 4.85. The average Bonchev–Trinajstić information content (AvgIpc) is 2.34. The summed E-state index contributed by atoms with van der Waals surface area (Å²) in [4.78, 5) is 0. The number of hydrogen-bond acceptors (Lipinski definition) is 1. The van der Waals surface area contributed by atoms with Crippen LogP contribution in [0.25, 0.3) is 0 Å². The van der Waals surface area contributed by atoms with E-state index < -0.39 is 0 Å². The maximum Gasteiger partial charge on any atom is 0.0468 e. The van der Waals surface area contributed by atoms with Crippen LogP contribution in [0.1, 0.15) is 28.3 Å². The number of aryl methyl sites for hydroxylation is 2. The molecule has 0 bridgehead atoms. The zero-order valence-electron chi connectivity index (χ0n) is 11.1. The van der Waals surface area contributed by atoms with E-state index in [9.17, 15) is 0 Å². The fourth-order valence-electron chi connectivity index (χ4n) is 2.36. The minimum absolute atomic E-state index is 0.194. The first-order chi connectivity index (χ1) is 9.00. The molecule has 100 valence electrons. The third-order valence-corrected chi connectivity index (χ3v) is 4.10. The van der Waals surface area contributed by atoms with E-state index in [-0.39, 0.29) is 6.04 Å². The highest BCUT2D eigenvalue weighted by Gasteiger charge is 2.16. The highest BCUT2D eigenvalue weighted by atomic mass is 35.5. The molecule has 0 heterocycles. The van der Waals surface area contributed by atoms with Crippen molar-refractivity contribution >= 4 is 23.2 Å². The molecular weight excluding hydrogens is 277 g/mol. The van der Waals surface area contributed by atoms with Gasteiger partial charge in [0, 0.05) is 21.7 Å². The van der Waals surface area contributed by atoms with Gasteiger partial charge in [-0.05, 0) is 49.1 Å². The monoisotopic (exact) mass is 293 g/mol. The SMILES string of the molecule is Cc1cccc(C)c1CC(N)c1c(Cl)cccc1Cl. The van der Waals surface area contributed by atoms with E-state index in [0.29, 0.717) is 10.0 Å². The van der Waals surface area contributed by atoms with Crippen LogP contribution in [-0.4, -0.2) is 0 Å². The first kappa shape index (κ1) is 14.4. The van der Waals surface area contributed by atoms with Crippen molar-refractivity contribution in [2.24, 2.45) is 5.73 Å². The summed E-state index contributed by atoms with van der Waals surface area (Å²) < 4.78 is 0. The predicted molar refractivity (Wildman–Crippen MR) is 83.0 cm³/mol. The van der Waals surface area contributed by atoms with Gasteiger partial charge in [-0.25, -0.2) is 0 Å². The van der Waals surface area contributed by atoms with Gasteiger partial charge in [0.2, 0.25) is 0 Å². The van der Waals surface area contributed by atoms with Crippen molar-refractivity contribution in [1.29, 1.82) is 0 Å². The second-order valence-electron chi connectivity index (χ2n) is 4.82. The Morgan fingerprint density at radius 3 is 1.95 bits per heavy atom. The molecule has 0 saturated carbocycles. The molecule has 0 aliphatic carbocycles. The Kier molecular flexibility index (Phi) is 4.51. The van der Waals surface area contributed by atoms with E-state index in [1.165, 1.54) is 16.7 Å². The summed E-state index contributed by atoms with van der Waals surface area (Å²) in [5, 5.41) is 1.26. The van der Waals surface area contributed by atoms with Crippen LogP contribution in [-0.2, 0) is 6.42 Å². The van der Waals surface area contributed by atoms with Gasteiger partial charge in [-0.15, -0.1) is 0 Å². The van der Waals surface area contributed by atoms with E-state index >= 15 is 0 Å². The van der Waals surface area contributed by atoms with Crippen molar-refractivity contribution in [1.82, 2.24) is 0 Å². The Morgan fingerprint density at radius 2 is 1.42 bits per heavy atom. The number of benzene rings is 2. The van der Waals surface area contributed by atoms with Gasteiger partial charge < -0.3 is 5.73 Å². The van der Waals surface area contributed by atoms with Crippen LogP contribution in [0.4, 0.5) is 0 Å². The van der Waals surface area contributed by atoms with E-state index in [4.69, 9.17) is 28.9 Å². The first-order valence-electron chi connectivity index (χ1n) is 6.25. The van der Waals surface area contributed by atoms with Gasteiger partial charge in [-0.1, -0.05) is 47.5 Å². The average molecular weight is 294 g/mol. The molecule has 2 N–H and O–H groups in total. The zero-order chi connectivity index (χ0) is 14.0. The Labute approximate surface area is 124 Å². The van der Waals surface area contributed by atoms with Crippen molar-refractivity contribution in [3.63, 3.8) is 0 Å². The fourth-order valence-corrected chi connectivity index (χ4v) is 3.04. The van der Waals surface area contributed by atoms with Crippen LogP contribution in [0, 0.1) is 13.8 Å². The molecule has 0 radical (unpaired) electrons. The lowest BCUT2D eigenvalue weighted by Crippen LogP contribution is -2.15. The molecule has 2 aromatic carbocycles. The molecule has 19 heavy (non-hydrogen) atoms. The van der Waals surface area contributed by atoms with Crippen LogP contribution in [0.15, 0.2) is 36.4 Å². The summed E-state index contributed by atoms with van der Waals surface area (Å²) in [6.07, 6.45) is 0.738. The summed E-state index contributed by atoms with van der Waals surface area (Å²) >= 11 is 12.4. The van der Waals surface area contributed by atoms with E-state index in [2.05, 4.69) is 32.0 Å². The number of rotatable bonds is 3. The normalized spacial score (nSPS) is 12.5. The largest absolute Gasteiger partial charge is 0.324 e. The molecular formula is C16H17Cl2N. The topological polar surface area (TPSA) is 26.0 Å². The fraction of sp³-hybridized carbons (Fsp3) is 0.250. The molecule has 0 aliphatic rings. The van der Waals surface area contributed by atoms with Gasteiger partial charge in [-0.3, -0.25) is 0 Å². The zero-order valence-corrected chi connectivity index (χ0v) is 12.6. The van der Waals surface area contributed by atoms with Crippen LogP contribution >= 0.6 is 23.2 Å². The standard InChI is InChI=1S/C16H17Cl2N/c1-10-5-3-6-11(2)12(10)9-15(19)16-13(17)7-4-8-14(16)18/h3-8,15H,9,19H2,1-2H3. The second-order valence-corrected chi connectivity index (χ2v) is 5.63. The van der Waals surface area contributed by atoms with E-state index in [1.807, 2.05) is 18.2 Å². The Morgan fingerprint density at radius 1 is 0.947 bits per heavy atom. The minimum Gasteiger partial charge on any atom is -0.324 e. The summed E-state index contributed by atoms with van der Waals surface area (Å²) in [6, 6.07) is 11.6. The minimum atomic E-state index is -0.194. The Hall–Kier alpha value is -1.02. The van der Waals surface area contributed by atoms with Gasteiger partial charge >= 0.3 is 0 Å². The van der Waals surface area contributed by atoms with Crippen molar-refractivity contribution in [2.75, 3.05) is 0 Å². The third-order valence-electron chi connectivity index (χ3n) is 3.44. The molecule has 1 nitrogen and oxygen atoms in total. The molecule has 3 heteroatoms. The van der Waals surface area contributed by atoms with Gasteiger partial charge in [0.25, 0.3) is 0 Å². The van der Waals surface area contributed by atoms with Crippen LogP contribution in [0.2, 0.25) is 10.0 Å². The molecule has 0 aliphatic heterocycles. The maximum absolute atomic E-state index is 6.30. The highest BCUT2D eigenvalue weighted by molar-refractivity contribution is 6.36.